The summed E-state index contributed by atoms with van der Waals surface area (Å²) in [5.41, 5.74) is 0.128. The zero-order chi connectivity index (χ0) is 28.6. The Hall–Kier alpha value is -2.79. The van der Waals surface area contributed by atoms with Gasteiger partial charge in [-0.2, -0.15) is 5.26 Å². The Morgan fingerprint density at radius 2 is 1.98 bits per heavy atom. The Bertz CT molecular complexity index is 1670. The molecule has 3 aromatic heterocycles. The molecule has 14 heteroatoms. The van der Waals surface area contributed by atoms with Gasteiger partial charge in [-0.15, -0.1) is 10.2 Å². The number of hydrogen-bond donors (Lipinski definition) is 1. The van der Waals surface area contributed by atoms with Crippen LogP contribution in [0.1, 0.15) is 58.4 Å². The Morgan fingerprint density at radius 3 is 2.58 bits per heavy atom. The predicted molar refractivity (Wildman–Crippen MR) is 152 cm³/mol. The van der Waals surface area contributed by atoms with Crippen LogP contribution in [0.15, 0.2) is 17.2 Å². The van der Waals surface area contributed by atoms with E-state index in [9.17, 15) is 18.5 Å². The Labute approximate surface area is 242 Å². The molecule has 1 N–H and O–H groups in total. The van der Waals surface area contributed by atoms with Gasteiger partial charge in [0.15, 0.2) is 16.0 Å². The Morgan fingerprint density at radius 1 is 1.25 bits per heavy atom. The molecule has 0 aromatic carbocycles. The fourth-order valence-electron chi connectivity index (χ4n) is 5.18. The molecule has 3 fully saturated rings. The normalized spacial score (nSPS) is 21.6. The van der Waals surface area contributed by atoms with Crippen LogP contribution < -0.4 is 9.62 Å². The van der Waals surface area contributed by atoms with Crippen molar-refractivity contribution >= 4 is 50.1 Å². The summed E-state index contributed by atoms with van der Waals surface area (Å²) in [4.78, 5) is 21.4. The van der Waals surface area contributed by atoms with E-state index in [1.807, 2.05) is 32.6 Å². The van der Waals surface area contributed by atoms with Gasteiger partial charge < -0.3 is 9.80 Å². The molecular formula is C26H31ClN8O3S2. The number of sulfonamides is 1. The molecule has 6 rings (SSSR count). The van der Waals surface area contributed by atoms with Crippen LogP contribution in [0.4, 0.5) is 5.69 Å². The number of rotatable bonds is 7. The lowest BCUT2D eigenvalue weighted by Crippen LogP contribution is -2.55. The summed E-state index contributed by atoms with van der Waals surface area (Å²) >= 11 is 8.02. The zero-order valence-electron chi connectivity index (χ0n) is 22.8. The van der Waals surface area contributed by atoms with Gasteiger partial charge in [0.1, 0.15) is 20.8 Å². The molecule has 0 spiro atoms. The minimum atomic E-state index is -3.87. The van der Waals surface area contributed by atoms with Crippen LogP contribution in [0, 0.1) is 17.2 Å². The maximum absolute atomic E-state index is 13.6. The van der Waals surface area contributed by atoms with Crippen LogP contribution in [0.3, 0.4) is 0 Å². The molecule has 0 unspecified atom stereocenters. The molecule has 0 bridgehead atoms. The number of pyridine rings is 1. The van der Waals surface area contributed by atoms with E-state index in [1.54, 1.807) is 10.5 Å². The molecule has 2 saturated carbocycles. The molecular weight excluding hydrogens is 572 g/mol. The van der Waals surface area contributed by atoms with E-state index >= 15 is 0 Å². The van der Waals surface area contributed by atoms with Crippen molar-refractivity contribution in [2.45, 2.75) is 75.3 Å². The highest BCUT2D eigenvalue weighted by molar-refractivity contribution is 7.89. The number of carbonyl (C=O) groups is 1. The van der Waals surface area contributed by atoms with E-state index in [2.05, 4.69) is 30.9 Å². The number of carbonyl (C=O) groups excluding carboxylic acids is 1. The molecule has 3 aromatic rings. The average Bonchev–Trinajstić information content (AvgIpc) is 3.76. The molecule has 1 aliphatic heterocycles. The van der Waals surface area contributed by atoms with Crippen molar-refractivity contribution in [3.05, 3.63) is 22.4 Å². The van der Waals surface area contributed by atoms with Crippen molar-refractivity contribution in [1.82, 2.24) is 29.2 Å². The SMILES string of the molecule is CC(C)C(=O)N1CCN(c2cc(S(=O)(=O)NC3(C)CC3)cn3c(-c4nnc(C5(C#N)CC5)s4)nc(Cl)c23)C[C@@H]1C. The minimum Gasteiger partial charge on any atom is -0.366 e. The summed E-state index contributed by atoms with van der Waals surface area (Å²) in [7, 11) is -3.87. The van der Waals surface area contributed by atoms with Crippen molar-refractivity contribution in [2.75, 3.05) is 24.5 Å². The number of halogens is 1. The van der Waals surface area contributed by atoms with Gasteiger partial charge in [-0.05, 0) is 45.6 Å². The molecule has 212 valence electrons. The third kappa shape index (κ3) is 4.64. The third-order valence-electron chi connectivity index (χ3n) is 8.07. The molecule has 40 heavy (non-hydrogen) atoms. The highest BCUT2D eigenvalue weighted by atomic mass is 35.5. The number of nitriles is 1. The van der Waals surface area contributed by atoms with E-state index in [0.717, 1.165) is 25.7 Å². The van der Waals surface area contributed by atoms with E-state index in [4.69, 9.17) is 11.6 Å². The highest BCUT2D eigenvalue weighted by Crippen LogP contribution is 2.49. The highest BCUT2D eigenvalue weighted by Gasteiger charge is 2.48. The first-order valence-corrected chi connectivity index (χ1v) is 16.1. The lowest BCUT2D eigenvalue weighted by molar-refractivity contribution is -0.136. The second kappa shape index (κ2) is 9.37. The minimum absolute atomic E-state index is 0.0833. The summed E-state index contributed by atoms with van der Waals surface area (Å²) in [6, 6.07) is 3.90. The van der Waals surface area contributed by atoms with Gasteiger partial charge in [0.05, 0.1) is 11.8 Å². The van der Waals surface area contributed by atoms with E-state index in [-0.39, 0.29) is 27.9 Å². The predicted octanol–water partition coefficient (Wildman–Crippen LogP) is 3.59. The van der Waals surface area contributed by atoms with E-state index in [0.29, 0.717) is 46.7 Å². The molecule has 4 heterocycles. The van der Waals surface area contributed by atoms with E-state index < -0.39 is 21.0 Å². The number of amides is 1. The van der Waals surface area contributed by atoms with Crippen LogP contribution in [0.25, 0.3) is 16.3 Å². The topological polar surface area (TPSA) is 137 Å². The number of anilines is 1. The summed E-state index contributed by atoms with van der Waals surface area (Å²) in [5, 5.41) is 19.5. The van der Waals surface area contributed by atoms with Crippen molar-refractivity contribution in [2.24, 2.45) is 5.92 Å². The van der Waals surface area contributed by atoms with Crippen molar-refractivity contribution < 1.29 is 13.2 Å². The molecule has 11 nitrogen and oxygen atoms in total. The molecule has 2 aliphatic carbocycles. The van der Waals surface area contributed by atoms with Gasteiger partial charge in [-0.1, -0.05) is 36.8 Å². The van der Waals surface area contributed by atoms with Crippen molar-refractivity contribution in [3.63, 3.8) is 0 Å². The number of hydrogen-bond acceptors (Lipinski definition) is 9. The second-order valence-corrected chi connectivity index (χ2v) is 14.8. The van der Waals surface area contributed by atoms with Crippen LogP contribution in [0.2, 0.25) is 5.15 Å². The van der Waals surface area contributed by atoms with Crippen LogP contribution in [-0.2, 0) is 20.2 Å². The Kier molecular flexibility index (Phi) is 6.42. The standard InChI is InChI=1S/C26H31ClN8O3S2/c1-15(2)23(36)34-10-9-33(12-16(34)3)18-11-17(40(37,38)32-25(4)5-6-25)13-35-19(18)20(27)29-21(35)22-30-31-24(39-22)26(14-28)7-8-26/h11,13,15-16,32H,5-10,12H2,1-4H3/t16-/m0/s1. The number of imidazole rings is 1. The second-order valence-electron chi connectivity index (χ2n) is 11.8. The monoisotopic (exact) mass is 602 g/mol. The molecule has 1 atom stereocenters. The van der Waals surface area contributed by atoms with Gasteiger partial charge in [0, 0.05) is 43.3 Å². The summed E-state index contributed by atoms with van der Waals surface area (Å²) in [6.07, 6.45) is 4.56. The number of nitrogens with one attached hydrogen (secondary N) is 1. The smallest absolute Gasteiger partial charge is 0.242 e. The third-order valence-corrected chi connectivity index (χ3v) is 11.1. The first-order valence-electron chi connectivity index (χ1n) is 13.4. The summed E-state index contributed by atoms with van der Waals surface area (Å²) < 4.78 is 31.7. The van der Waals surface area contributed by atoms with Gasteiger partial charge in [0.2, 0.25) is 15.9 Å². The molecule has 1 amide bonds. The molecule has 3 aliphatic rings. The van der Waals surface area contributed by atoms with Gasteiger partial charge in [-0.3, -0.25) is 9.20 Å². The van der Waals surface area contributed by atoms with Crippen LogP contribution in [0.5, 0.6) is 0 Å². The number of nitrogens with zero attached hydrogens (tertiary/aromatic N) is 7. The average molecular weight is 603 g/mol. The lowest BCUT2D eigenvalue weighted by atomic mass is 10.1. The molecule has 0 radical (unpaired) electrons. The summed E-state index contributed by atoms with van der Waals surface area (Å²) in [5.74, 6) is 0.358. The van der Waals surface area contributed by atoms with Gasteiger partial charge in [0.25, 0.3) is 0 Å². The van der Waals surface area contributed by atoms with E-state index in [1.165, 1.54) is 17.5 Å². The number of aromatic nitrogens is 4. The maximum Gasteiger partial charge on any atom is 0.242 e. The lowest BCUT2D eigenvalue weighted by Gasteiger charge is -2.42. The van der Waals surface area contributed by atoms with Gasteiger partial charge in [-0.25, -0.2) is 18.1 Å². The largest absolute Gasteiger partial charge is 0.366 e. The Balaban J connectivity index is 1.46. The van der Waals surface area contributed by atoms with Crippen LogP contribution in [-0.4, -0.2) is 70.0 Å². The molecule has 1 saturated heterocycles. The summed E-state index contributed by atoms with van der Waals surface area (Å²) in [6.45, 7) is 9.19. The quantitative estimate of drug-likeness (QED) is 0.433. The first-order chi connectivity index (χ1) is 18.9. The van der Waals surface area contributed by atoms with Crippen LogP contribution >= 0.6 is 22.9 Å². The fraction of sp³-hybridized carbons (Fsp3) is 0.577. The fourth-order valence-corrected chi connectivity index (χ4v) is 7.96. The van der Waals surface area contributed by atoms with Crippen molar-refractivity contribution in [3.8, 4) is 16.9 Å². The zero-order valence-corrected chi connectivity index (χ0v) is 25.2. The number of piperazine rings is 1. The van der Waals surface area contributed by atoms with Crippen molar-refractivity contribution in [1.29, 1.82) is 5.26 Å². The first kappa shape index (κ1) is 27.4. The number of fused-ring (bicyclic) bond motifs is 1. The van der Waals surface area contributed by atoms with Gasteiger partial charge >= 0.3 is 0 Å². The maximum atomic E-state index is 13.6.